The number of fused-ring (bicyclic) bond motifs is 1. The molecule has 0 bridgehead atoms. The molecule has 0 saturated carbocycles. The lowest BCUT2D eigenvalue weighted by atomic mass is 9.85. The third-order valence-electron chi connectivity index (χ3n) is 4.84. The highest BCUT2D eigenvalue weighted by molar-refractivity contribution is 6.08. The maximum Gasteiger partial charge on any atom is 0.329 e. The van der Waals surface area contributed by atoms with E-state index < -0.39 is 65.5 Å². The van der Waals surface area contributed by atoms with Gasteiger partial charge in [0.15, 0.2) is 6.61 Å². The summed E-state index contributed by atoms with van der Waals surface area (Å²) in [5, 5.41) is 1.98. The fraction of sp³-hybridized carbons (Fsp3) is 0.368. The quantitative estimate of drug-likeness (QED) is 0.469. The van der Waals surface area contributed by atoms with Gasteiger partial charge in [0.25, 0.3) is 5.91 Å². The van der Waals surface area contributed by atoms with Gasteiger partial charge in [-0.05, 0) is 31.9 Å². The first kappa shape index (κ1) is 19.7. The number of anilines is 1. The Hall–Kier alpha value is -3.10. The highest BCUT2D eigenvalue weighted by Crippen LogP contribution is 2.36. The standard InChI is InChI=1S/C19H18F2N2O5/c1-10(23-17(25)11-5-2-3-6-12(11)18(23)26)19(27)28-9-15(24)22-16-13(20)7-4-8-14(16)21/h2-4,7-8,10-12H,5-6,9H2,1H3,(H,22,24)/t10-,11-,12-/m0/s1. The van der Waals surface area contributed by atoms with Crippen molar-refractivity contribution in [3.63, 3.8) is 0 Å². The number of allylic oxidation sites excluding steroid dienone is 2. The fourth-order valence-corrected chi connectivity index (χ4v) is 3.36. The molecule has 1 N–H and O–H groups in total. The zero-order valence-electron chi connectivity index (χ0n) is 15.0. The molecular formula is C19H18F2N2O5. The monoisotopic (exact) mass is 392 g/mol. The number of amides is 3. The van der Waals surface area contributed by atoms with Crippen LogP contribution in [0.15, 0.2) is 30.4 Å². The number of nitrogens with zero attached hydrogens (tertiary/aromatic N) is 1. The number of halogens is 2. The molecule has 148 valence electrons. The van der Waals surface area contributed by atoms with Crippen LogP contribution in [0.1, 0.15) is 19.8 Å². The Morgan fingerprint density at radius 2 is 1.68 bits per heavy atom. The molecule has 2 aliphatic rings. The van der Waals surface area contributed by atoms with E-state index in [2.05, 4.69) is 0 Å². The van der Waals surface area contributed by atoms with Gasteiger partial charge in [0.05, 0.1) is 11.8 Å². The van der Waals surface area contributed by atoms with Gasteiger partial charge in [0.2, 0.25) is 11.8 Å². The maximum atomic E-state index is 13.5. The molecule has 1 saturated heterocycles. The van der Waals surface area contributed by atoms with E-state index in [1.54, 1.807) is 0 Å². The summed E-state index contributed by atoms with van der Waals surface area (Å²) in [7, 11) is 0. The van der Waals surface area contributed by atoms with Crippen molar-refractivity contribution in [2.24, 2.45) is 11.8 Å². The lowest BCUT2D eigenvalue weighted by Crippen LogP contribution is -2.45. The molecule has 3 amide bonds. The van der Waals surface area contributed by atoms with Gasteiger partial charge in [0, 0.05) is 0 Å². The zero-order valence-corrected chi connectivity index (χ0v) is 15.0. The van der Waals surface area contributed by atoms with Crippen LogP contribution in [-0.2, 0) is 23.9 Å². The summed E-state index contributed by atoms with van der Waals surface area (Å²) in [5.41, 5.74) is -0.655. The second kappa shape index (κ2) is 7.87. The van der Waals surface area contributed by atoms with E-state index in [-0.39, 0.29) is 0 Å². The van der Waals surface area contributed by atoms with Gasteiger partial charge in [-0.1, -0.05) is 18.2 Å². The Morgan fingerprint density at radius 1 is 1.14 bits per heavy atom. The summed E-state index contributed by atoms with van der Waals surface area (Å²) in [6.45, 7) is 0.513. The SMILES string of the molecule is C[C@@H](C(=O)OCC(=O)Nc1c(F)cccc1F)N1C(=O)[C@H]2CC=CC[C@@H]2C1=O. The number of likely N-dealkylation sites (tertiary alicyclic amines) is 1. The summed E-state index contributed by atoms with van der Waals surface area (Å²) in [5.74, 6) is -5.72. The molecular weight excluding hydrogens is 374 g/mol. The van der Waals surface area contributed by atoms with E-state index in [1.165, 1.54) is 6.92 Å². The zero-order chi connectivity index (χ0) is 20.4. The average Bonchev–Trinajstić information content (AvgIpc) is 2.93. The Balaban J connectivity index is 1.58. The number of imide groups is 1. The van der Waals surface area contributed by atoms with Crippen LogP contribution in [0.4, 0.5) is 14.5 Å². The lowest BCUT2D eigenvalue weighted by Gasteiger charge is -2.21. The number of carbonyl (C=O) groups excluding carboxylic acids is 4. The number of rotatable bonds is 5. The number of carbonyl (C=O) groups is 4. The molecule has 0 unspecified atom stereocenters. The Kier molecular flexibility index (Phi) is 5.53. The maximum absolute atomic E-state index is 13.5. The summed E-state index contributed by atoms with van der Waals surface area (Å²) >= 11 is 0. The van der Waals surface area contributed by atoms with Gasteiger partial charge in [-0.25, -0.2) is 13.6 Å². The number of nitrogens with one attached hydrogen (secondary N) is 1. The minimum absolute atomic E-state index is 0.435. The van der Waals surface area contributed by atoms with Crippen molar-refractivity contribution in [2.75, 3.05) is 11.9 Å². The molecule has 1 fully saturated rings. The molecule has 1 aromatic rings. The van der Waals surface area contributed by atoms with Gasteiger partial charge >= 0.3 is 5.97 Å². The van der Waals surface area contributed by atoms with Gasteiger partial charge in [-0.2, -0.15) is 0 Å². The van der Waals surface area contributed by atoms with E-state index in [4.69, 9.17) is 4.74 Å². The molecule has 0 radical (unpaired) electrons. The molecule has 9 heteroatoms. The second-order valence-electron chi connectivity index (χ2n) is 6.63. The van der Waals surface area contributed by atoms with Crippen LogP contribution in [0.2, 0.25) is 0 Å². The Bertz CT molecular complexity index is 824. The lowest BCUT2D eigenvalue weighted by molar-refractivity contribution is -0.159. The minimum Gasteiger partial charge on any atom is -0.454 e. The predicted octanol–water partition coefficient (Wildman–Crippen LogP) is 1.79. The first-order valence-corrected chi connectivity index (χ1v) is 8.73. The van der Waals surface area contributed by atoms with E-state index >= 15 is 0 Å². The van der Waals surface area contributed by atoms with Gasteiger partial charge < -0.3 is 10.1 Å². The van der Waals surface area contributed by atoms with Crippen molar-refractivity contribution in [1.82, 2.24) is 4.90 Å². The summed E-state index contributed by atoms with van der Waals surface area (Å²) in [4.78, 5) is 49.8. The highest BCUT2D eigenvalue weighted by Gasteiger charge is 2.50. The van der Waals surface area contributed by atoms with Crippen LogP contribution in [0.3, 0.4) is 0 Å². The normalized spacial score (nSPS) is 22.0. The van der Waals surface area contributed by atoms with Crippen molar-refractivity contribution < 1.29 is 32.7 Å². The molecule has 28 heavy (non-hydrogen) atoms. The molecule has 1 aromatic carbocycles. The number of hydrogen-bond donors (Lipinski definition) is 1. The molecule has 0 aromatic heterocycles. The van der Waals surface area contributed by atoms with Crippen molar-refractivity contribution in [2.45, 2.75) is 25.8 Å². The van der Waals surface area contributed by atoms with Gasteiger partial charge in [0.1, 0.15) is 23.4 Å². The van der Waals surface area contributed by atoms with Crippen LogP contribution in [0.25, 0.3) is 0 Å². The molecule has 1 heterocycles. The Morgan fingerprint density at radius 3 is 2.21 bits per heavy atom. The fourth-order valence-electron chi connectivity index (χ4n) is 3.36. The minimum atomic E-state index is -1.21. The van der Waals surface area contributed by atoms with Crippen molar-refractivity contribution in [1.29, 1.82) is 0 Å². The van der Waals surface area contributed by atoms with Crippen LogP contribution in [0.5, 0.6) is 0 Å². The van der Waals surface area contributed by atoms with Crippen LogP contribution >= 0.6 is 0 Å². The smallest absolute Gasteiger partial charge is 0.329 e. The molecule has 3 atom stereocenters. The third kappa shape index (κ3) is 3.64. The molecule has 1 aliphatic heterocycles. The van der Waals surface area contributed by atoms with E-state index in [9.17, 15) is 28.0 Å². The number of benzene rings is 1. The van der Waals surface area contributed by atoms with E-state index in [0.29, 0.717) is 12.8 Å². The first-order valence-electron chi connectivity index (χ1n) is 8.73. The van der Waals surface area contributed by atoms with Crippen LogP contribution in [-0.4, -0.2) is 41.2 Å². The predicted molar refractivity (Wildman–Crippen MR) is 92.6 cm³/mol. The van der Waals surface area contributed by atoms with E-state index in [1.807, 2.05) is 17.5 Å². The topological polar surface area (TPSA) is 92.8 Å². The third-order valence-corrected chi connectivity index (χ3v) is 4.84. The van der Waals surface area contributed by atoms with Gasteiger partial charge in [-0.3, -0.25) is 19.3 Å². The van der Waals surface area contributed by atoms with Gasteiger partial charge in [-0.15, -0.1) is 0 Å². The summed E-state index contributed by atoms with van der Waals surface area (Å²) in [6, 6.07) is 1.86. The molecule has 3 rings (SSSR count). The second-order valence-corrected chi connectivity index (χ2v) is 6.63. The summed E-state index contributed by atoms with van der Waals surface area (Å²) in [6.07, 6.45) is 4.52. The van der Waals surface area contributed by atoms with Crippen LogP contribution < -0.4 is 5.32 Å². The Labute approximate surface area is 159 Å². The number of esters is 1. The average molecular weight is 392 g/mol. The number of hydrogen-bond acceptors (Lipinski definition) is 5. The highest BCUT2D eigenvalue weighted by atomic mass is 19.1. The summed E-state index contributed by atoms with van der Waals surface area (Å²) < 4.78 is 31.9. The van der Waals surface area contributed by atoms with Crippen LogP contribution in [0, 0.1) is 23.5 Å². The van der Waals surface area contributed by atoms with E-state index in [0.717, 1.165) is 23.1 Å². The van der Waals surface area contributed by atoms with Crippen molar-refractivity contribution in [3.05, 3.63) is 42.0 Å². The largest absolute Gasteiger partial charge is 0.454 e. The first-order chi connectivity index (χ1) is 13.3. The number of ether oxygens (including phenoxy) is 1. The molecule has 0 spiro atoms. The van der Waals surface area contributed by atoms with Crippen molar-refractivity contribution in [3.8, 4) is 0 Å². The molecule has 1 aliphatic carbocycles. The number of para-hydroxylation sites is 1. The molecule has 7 nitrogen and oxygen atoms in total. The van der Waals surface area contributed by atoms with Crippen molar-refractivity contribution >= 4 is 29.4 Å².